The van der Waals surface area contributed by atoms with Crippen molar-refractivity contribution >= 4 is 17.7 Å². The molecule has 0 radical (unpaired) electrons. The number of methoxy groups -OCH3 is 1. The SMILES string of the molecule is COCCSCC(=O)N1CCC(CO)C1. The van der Waals surface area contributed by atoms with Crippen LogP contribution in [0.5, 0.6) is 0 Å². The normalized spacial score (nSPS) is 20.9. The number of hydrogen-bond donors (Lipinski definition) is 1. The average molecular weight is 233 g/mol. The Morgan fingerprint density at radius 2 is 2.47 bits per heavy atom. The molecule has 1 heterocycles. The monoisotopic (exact) mass is 233 g/mol. The van der Waals surface area contributed by atoms with E-state index in [2.05, 4.69) is 0 Å². The minimum Gasteiger partial charge on any atom is -0.396 e. The van der Waals surface area contributed by atoms with Crippen LogP contribution >= 0.6 is 11.8 Å². The van der Waals surface area contributed by atoms with Gasteiger partial charge in [0.05, 0.1) is 12.4 Å². The maximum atomic E-state index is 11.7. The molecule has 1 aliphatic rings. The molecule has 15 heavy (non-hydrogen) atoms. The molecule has 0 saturated carbocycles. The Bertz CT molecular complexity index is 201. The van der Waals surface area contributed by atoms with Gasteiger partial charge < -0.3 is 14.7 Å². The predicted molar refractivity (Wildman–Crippen MR) is 61.0 cm³/mol. The zero-order chi connectivity index (χ0) is 11.1. The van der Waals surface area contributed by atoms with Gasteiger partial charge in [-0.15, -0.1) is 11.8 Å². The second kappa shape index (κ2) is 7.09. The minimum atomic E-state index is 0.187. The molecule has 0 aromatic heterocycles. The van der Waals surface area contributed by atoms with Gasteiger partial charge in [0.1, 0.15) is 0 Å². The Morgan fingerprint density at radius 1 is 1.67 bits per heavy atom. The Balaban J connectivity index is 2.12. The Hall–Kier alpha value is -0.260. The lowest BCUT2D eigenvalue weighted by atomic mass is 10.1. The molecule has 88 valence electrons. The molecular formula is C10H19NO3S. The lowest BCUT2D eigenvalue weighted by Gasteiger charge is -2.15. The first kappa shape index (κ1) is 12.8. The third kappa shape index (κ3) is 4.40. The summed E-state index contributed by atoms with van der Waals surface area (Å²) in [5.74, 6) is 1.87. The van der Waals surface area contributed by atoms with Crippen LogP contribution in [0.4, 0.5) is 0 Å². The van der Waals surface area contributed by atoms with Crippen LogP contribution in [-0.4, -0.2) is 60.8 Å². The quantitative estimate of drug-likeness (QED) is 0.666. The Kier molecular flexibility index (Phi) is 6.05. The Morgan fingerprint density at radius 3 is 3.07 bits per heavy atom. The van der Waals surface area contributed by atoms with E-state index in [1.807, 2.05) is 4.90 Å². The molecule has 1 fully saturated rings. The number of ether oxygens (including phenoxy) is 1. The number of carbonyl (C=O) groups is 1. The fraction of sp³-hybridized carbons (Fsp3) is 0.900. The zero-order valence-electron chi connectivity index (χ0n) is 9.15. The minimum absolute atomic E-state index is 0.187. The first-order valence-electron chi connectivity index (χ1n) is 5.23. The molecule has 5 heteroatoms. The third-order valence-corrected chi connectivity index (χ3v) is 3.46. The van der Waals surface area contributed by atoms with Gasteiger partial charge in [0.15, 0.2) is 0 Å². The molecule has 0 aromatic carbocycles. The number of likely N-dealkylation sites (tertiary alicyclic amines) is 1. The summed E-state index contributed by atoms with van der Waals surface area (Å²) in [6.07, 6.45) is 0.935. The number of hydrogen-bond acceptors (Lipinski definition) is 4. The maximum absolute atomic E-state index is 11.7. The standard InChI is InChI=1S/C10H19NO3S/c1-14-4-5-15-8-10(13)11-3-2-9(6-11)7-12/h9,12H,2-8H2,1H3. The number of aliphatic hydroxyl groups is 1. The van der Waals surface area contributed by atoms with Crippen LogP contribution in [0.15, 0.2) is 0 Å². The van der Waals surface area contributed by atoms with Crippen LogP contribution in [-0.2, 0) is 9.53 Å². The second-order valence-electron chi connectivity index (χ2n) is 3.72. The molecule has 1 saturated heterocycles. The van der Waals surface area contributed by atoms with Crippen LogP contribution < -0.4 is 0 Å². The fourth-order valence-corrected chi connectivity index (χ4v) is 2.39. The summed E-state index contributed by atoms with van der Waals surface area (Å²) in [5.41, 5.74) is 0. The number of aliphatic hydroxyl groups excluding tert-OH is 1. The maximum Gasteiger partial charge on any atom is 0.232 e. The molecule has 1 rings (SSSR count). The number of amides is 1. The first-order valence-corrected chi connectivity index (χ1v) is 6.38. The van der Waals surface area contributed by atoms with E-state index in [0.29, 0.717) is 12.4 Å². The molecule has 0 aliphatic carbocycles. The summed E-state index contributed by atoms with van der Waals surface area (Å²) < 4.78 is 4.90. The molecule has 1 unspecified atom stereocenters. The highest BCUT2D eigenvalue weighted by Gasteiger charge is 2.24. The van der Waals surface area contributed by atoms with Crippen molar-refractivity contribution in [3.63, 3.8) is 0 Å². The Labute approximate surface area is 95.0 Å². The zero-order valence-corrected chi connectivity index (χ0v) is 9.96. The largest absolute Gasteiger partial charge is 0.396 e. The van der Waals surface area contributed by atoms with Crippen molar-refractivity contribution < 1.29 is 14.6 Å². The summed E-state index contributed by atoms with van der Waals surface area (Å²) in [7, 11) is 1.66. The van der Waals surface area contributed by atoms with Crippen molar-refractivity contribution in [2.45, 2.75) is 6.42 Å². The van der Waals surface area contributed by atoms with Gasteiger partial charge in [0.2, 0.25) is 5.91 Å². The molecule has 0 spiro atoms. The van der Waals surface area contributed by atoms with Crippen molar-refractivity contribution in [2.75, 3.05) is 44.9 Å². The number of rotatable bonds is 6. The van der Waals surface area contributed by atoms with Crippen LogP contribution in [0.1, 0.15) is 6.42 Å². The van der Waals surface area contributed by atoms with E-state index in [-0.39, 0.29) is 18.4 Å². The molecule has 0 aromatic rings. The molecule has 1 N–H and O–H groups in total. The van der Waals surface area contributed by atoms with Gasteiger partial charge in [-0.3, -0.25) is 4.79 Å². The van der Waals surface area contributed by atoms with E-state index >= 15 is 0 Å². The summed E-state index contributed by atoms with van der Waals surface area (Å²) in [4.78, 5) is 13.5. The van der Waals surface area contributed by atoms with Crippen molar-refractivity contribution in [3.05, 3.63) is 0 Å². The van der Waals surface area contributed by atoms with Gasteiger partial charge in [0, 0.05) is 38.5 Å². The topological polar surface area (TPSA) is 49.8 Å². The van der Waals surface area contributed by atoms with E-state index in [1.165, 1.54) is 0 Å². The first-order chi connectivity index (χ1) is 7.27. The van der Waals surface area contributed by atoms with Crippen molar-refractivity contribution in [1.82, 2.24) is 4.90 Å². The molecule has 1 aliphatic heterocycles. The number of carbonyl (C=O) groups excluding carboxylic acids is 1. The van der Waals surface area contributed by atoms with Gasteiger partial charge in [0.25, 0.3) is 0 Å². The lowest BCUT2D eigenvalue weighted by Crippen LogP contribution is -2.30. The molecule has 4 nitrogen and oxygen atoms in total. The lowest BCUT2D eigenvalue weighted by molar-refractivity contribution is -0.127. The number of nitrogens with zero attached hydrogens (tertiary/aromatic N) is 1. The van der Waals surface area contributed by atoms with Crippen molar-refractivity contribution in [2.24, 2.45) is 5.92 Å². The molecule has 0 bridgehead atoms. The summed E-state index contributed by atoms with van der Waals surface area (Å²) in [6.45, 7) is 2.41. The second-order valence-corrected chi connectivity index (χ2v) is 4.83. The van der Waals surface area contributed by atoms with Gasteiger partial charge in [-0.05, 0) is 6.42 Å². The van der Waals surface area contributed by atoms with E-state index in [9.17, 15) is 4.79 Å². The summed E-state index contributed by atoms with van der Waals surface area (Å²) in [6, 6.07) is 0. The van der Waals surface area contributed by atoms with Gasteiger partial charge >= 0.3 is 0 Å². The van der Waals surface area contributed by atoms with E-state index in [0.717, 1.165) is 25.3 Å². The number of thioether (sulfide) groups is 1. The summed E-state index contributed by atoms with van der Waals surface area (Å²) in [5, 5.41) is 8.95. The van der Waals surface area contributed by atoms with Gasteiger partial charge in [-0.2, -0.15) is 0 Å². The molecular weight excluding hydrogens is 214 g/mol. The van der Waals surface area contributed by atoms with Crippen LogP contribution in [0, 0.1) is 5.92 Å². The van der Waals surface area contributed by atoms with Gasteiger partial charge in [-0.25, -0.2) is 0 Å². The van der Waals surface area contributed by atoms with Crippen LogP contribution in [0.2, 0.25) is 0 Å². The van der Waals surface area contributed by atoms with Crippen LogP contribution in [0.3, 0.4) is 0 Å². The molecule has 1 atom stereocenters. The van der Waals surface area contributed by atoms with Crippen molar-refractivity contribution in [3.8, 4) is 0 Å². The summed E-state index contributed by atoms with van der Waals surface area (Å²) >= 11 is 1.60. The highest BCUT2D eigenvalue weighted by atomic mass is 32.2. The van der Waals surface area contributed by atoms with Crippen molar-refractivity contribution in [1.29, 1.82) is 0 Å². The van der Waals surface area contributed by atoms with E-state index in [1.54, 1.807) is 18.9 Å². The highest BCUT2D eigenvalue weighted by Crippen LogP contribution is 2.16. The predicted octanol–water partition coefficient (Wildman–Crippen LogP) is 0.207. The highest BCUT2D eigenvalue weighted by molar-refractivity contribution is 7.99. The van der Waals surface area contributed by atoms with Crippen LogP contribution in [0.25, 0.3) is 0 Å². The fourth-order valence-electron chi connectivity index (χ4n) is 1.60. The molecule has 1 amide bonds. The third-order valence-electron chi connectivity index (χ3n) is 2.55. The van der Waals surface area contributed by atoms with Gasteiger partial charge in [-0.1, -0.05) is 0 Å². The van der Waals surface area contributed by atoms with E-state index in [4.69, 9.17) is 9.84 Å². The smallest absolute Gasteiger partial charge is 0.232 e. The average Bonchev–Trinajstić information content (AvgIpc) is 2.72. The van der Waals surface area contributed by atoms with E-state index < -0.39 is 0 Å².